The van der Waals surface area contributed by atoms with E-state index in [0.29, 0.717) is 0 Å². The van der Waals surface area contributed by atoms with Crippen molar-refractivity contribution in [1.82, 2.24) is 0 Å². The first-order valence-electron chi connectivity index (χ1n) is 8.21. The SMILES string of the molecule is CC(=O)Nc1c(F)cc(N2C(=O)[C@@H]3[C@H](C2=O)[C@@H]2C=C[C@H]3CC2)cc1Cl. The number of halogens is 2. The molecule has 3 amide bonds. The van der Waals surface area contributed by atoms with Crippen LogP contribution in [-0.4, -0.2) is 17.7 Å². The van der Waals surface area contributed by atoms with Crippen LogP contribution in [-0.2, 0) is 14.4 Å². The Balaban J connectivity index is 1.72. The Labute approximate surface area is 148 Å². The van der Waals surface area contributed by atoms with Gasteiger partial charge in [-0.15, -0.1) is 0 Å². The Hall–Kier alpha value is -2.21. The van der Waals surface area contributed by atoms with E-state index in [1.165, 1.54) is 13.0 Å². The molecule has 3 aliphatic carbocycles. The van der Waals surface area contributed by atoms with E-state index in [2.05, 4.69) is 5.32 Å². The molecule has 1 saturated carbocycles. The second-order valence-electron chi connectivity index (χ2n) is 6.82. The summed E-state index contributed by atoms with van der Waals surface area (Å²) >= 11 is 6.06. The van der Waals surface area contributed by atoms with Crippen LogP contribution in [0.15, 0.2) is 24.3 Å². The summed E-state index contributed by atoms with van der Waals surface area (Å²) in [6, 6.07) is 2.41. The molecule has 1 saturated heterocycles. The molecule has 7 heteroatoms. The number of amides is 3. The van der Waals surface area contributed by atoms with Crippen molar-refractivity contribution in [2.75, 3.05) is 10.2 Å². The van der Waals surface area contributed by atoms with E-state index in [1.54, 1.807) is 0 Å². The highest BCUT2D eigenvalue weighted by molar-refractivity contribution is 6.34. The third-order valence-electron chi connectivity index (χ3n) is 5.35. The molecule has 5 rings (SSSR count). The third-order valence-corrected chi connectivity index (χ3v) is 5.64. The summed E-state index contributed by atoms with van der Waals surface area (Å²) in [5.74, 6) is -2.44. The molecule has 1 aliphatic heterocycles. The summed E-state index contributed by atoms with van der Waals surface area (Å²) in [6.07, 6.45) is 5.84. The summed E-state index contributed by atoms with van der Waals surface area (Å²) in [5, 5.41) is 2.26. The first-order valence-corrected chi connectivity index (χ1v) is 8.59. The van der Waals surface area contributed by atoms with Gasteiger partial charge in [0.05, 0.1) is 28.2 Å². The highest BCUT2D eigenvalue weighted by atomic mass is 35.5. The van der Waals surface area contributed by atoms with Gasteiger partial charge in [-0.2, -0.15) is 0 Å². The van der Waals surface area contributed by atoms with Gasteiger partial charge < -0.3 is 5.32 Å². The van der Waals surface area contributed by atoms with Crippen LogP contribution in [0.1, 0.15) is 19.8 Å². The molecule has 1 N–H and O–H groups in total. The van der Waals surface area contributed by atoms with Gasteiger partial charge >= 0.3 is 0 Å². The van der Waals surface area contributed by atoms with Crippen LogP contribution in [0.3, 0.4) is 0 Å². The highest BCUT2D eigenvalue weighted by Crippen LogP contribution is 2.50. The summed E-state index contributed by atoms with van der Waals surface area (Å²) < 4.78 is 14.4. The number of hydrogen-bond donors (Lipinski definition) is 1. The molecule has 1 aromatic carbocycles. The van der Waals surface area contributed by atoms with E-state index in [1.807, 2.05) is 12.2 Å². The van der Waals surface area contributed by atoms with Gasteiger partial charge in [-0.25, -0.2) is 9.29 Å². The molecule has 0 radical (unpaired) electrons. The fraction of sp³-hybridized carbons (Fsp3) is 0.389. The van der Waals surface area contributed by atoms with Gasteiger partial charge in [0.25, 0.3) is 0 Å². The number of nitrogens with zero attached hydrogens (tertiary/aromatic N) is 1. The van der Waals surface area contributed by atoms with Crippen LogP contribution < -0.4 is 10.2 Å². The highest BCUT2D eigenvalue weighted by Gasteiger charge is 2.56. The Kier molecular flexibility index (Phi) is 3.68. The van der Waals surface area contributed by atoms with Gasteiger partial charge in [0.2, 0.25) is 17.7 Å². The maximum Gasteiger partial charge on any atom is 0.238 e. The lowest BCUT2D eigenvalue weighted by Gasteiger charge is -2.38. The molecule has 130 valence electrons. The smallest absolute Gasteiger partial charge is 0.238 e. The number of nitrogens with one attached hydrogen (secondary N) is 1. The molecule has 5 nitrogen and oxygen atoms in total. The Bertz CT molecular complexity index is 783. The van der Waals surface area contributed by atoms with E-state index >= 15 is 0 Å². The second-order valence-corrected chi connectivity index (χ2v) is 7.23. The minimum absolute atomic E-state index is 0.0539. The van der Waals surface area contributed by atoms with E-state index in [4.69, 9.17) is 11.6 Å². The summed E-state index contributed by atoms with van der Waals surface area (Å²) in [4.78, 5) is 37.9. The zero-order valence-corrected chi connectivity index (χ0v) is 14.2. The van der Waals surface area contributed by atoms with Crippen LogP contribution >= 0.6 is 11.6 Å². The molecule has 1 aromatic rings. The number of fused-ring (bicyclic) bond motifs is 1. The molecular formula is C18H16ClFN2O3. The largest absolute Gasteiger partial charge is 0.323 e. The number of anilines is 2. The lowest BCUT2D eigenvalue weighted by molar-refractivity contribution is -0.124. The Morgan fingerprint density at radius 2 is 1.72 bits per heavy atom. The quantitative estimate of drug-likeness (QED) is 0.649. The molecule has 4 atom stereocenters. The average molecular weight is 363 g/mol. The Morgan fingerprint density at radius 1 is 1.16 bits per heavy atom. The van der Waals surface area contributed by atoms with Gasteiger partial charge in [0, 0.05) is 13.0 Å². The van der Waals surface area contributed by atoms with Crippen molar-refractivity contribution < 1.29 is 18.8 Å². The molecule has 2 fully saturated rings. The molecule has 4 aliphatic rings. The third kappa shape index (κ3) is 2.39. The number of hydrogen-bond acceptors (Lipinski definition) is 3. The van der Waals surface area contributed by atoms with E-state index in [9.17, 15) is 18.8 Å². The fourth-order valence-corrected chi connectivity index (χ4v) is 4.56. The van der Waals surface area contributed by atoms with Crippen LogP contribution in [0.2, 0.25) is 5.02 Å². The van der Waals surface area contributed by atoms with Crippen LogP contribution in [0.25, 0.3) is 0 Å². The summed E-state index contributed by atoms with van der Waals surface area (Å²) in [6.45, 7) is 1.24. The number of rotatable bonds is 2. The van der Waals surface area contributed by atoms with E-state index < -0.39 is 11.7 Å². The zero-order chi connectivity index (χ0) is 17.9. The number of carbonyl (C=O) groups excluding carboxylic acids is 3. The van der Waals surface area contributed by atoms with Crippen LogP contribution in [0, 0.1) is 29.5 Å². The predicted molar refractivity (Wildman–Crippen MR) is 90.5 cm³/mol. The monoisotopic (exact) mass is 362 g/mol. The number of carbonyl (C=O) groups is 3. The zero-order valence-electron chi connectivity index (χ0n) is 13.5. The van der Waals surface area contributed by atoms with Crippen molar-refractivity contribution in [2.45, 2.75) is 19.8 Å². The summed E-state index contributed by atoms with van der Waals surface area (Å²) in [5.41, 5.74) is -0.0448. The van der Waals surface area contributed by atoms with Gasteiger partial charge in [-0.1, -0.05) is 23.8 Å². The van der Waals surface area contributed by atoms with Crippen LogP contribution in [0.5, 0.6) is 0 Å². The molecule has 0 unspecified atom stereocenters. The molecule has 0 spiro atoms. The van der Waals surface area contributed by atoms with Crippen molar-refractivity contribution in [1.29, 1.82) is 0 Å². The number of allylic oxidation sites excluding steroid dienone is 2. The predicted octanol–water partition coefficient (Wildman–Crippen LogP) is 3.14. The molecule has 1 heterocycles. The fourth-order valence-electron chi connectivity index (χ4n) is 4.31. The molecule has 25 heavy (non-hydrogen) atoms. The first kappa shape index (κ1) is 16.3. The average Bonchev–Trinajstić information content (AvgIpc) is 2.85. The van der Waals surface area contributed by atoms with Crippen molar-refractivity contribution >= 4 is 40.7 Å². The van der Waals surface area contributed by atoms with Crippen LogP contribution in [0.4, 0.5) is 15.8 Å². The van der Waals surface area contributed by atoms with Crippen molar-refractivity contribution in [3.63, 3.8) is 0 Å². The minimum atomic E-state index is -0.783. The van der Waals surface area contributed by atoms with Gasteiger partial charge in [-0.3, -0.25) is 14.4 Å². The van der Waals surface area contributed by atoms with Crippen molar-refractivity contribution in [3.8, 4) is 0 Å². The van der Waals surface area contributed by atoms with E-state index in [0.717, 1.165) is 23.8 Å². The maximum atomic E-state index is 14.4. The minimum Gasteiger partial charge on any atom is -0.323 e. The molecular weight excluding hydrogens is 347 g/mol. The lowest BCUT2D eigenvalue weighted by atomic mass is 9.63. The van der Waals surface area contributed by atoms with Gasteiger partial charge in [0.15, 0.2) is 0 Å². The van der Waals surface area contributed by atoms with Gasteiger partial charge in [0.1, 0.15) is 5.82 Å². The molecule has 0 aromatic heterocycles. The summed E-state index contributed by atoms with van der Waals surface area (Å²) in [7, 11) is 0. The normalized spacial score (nSPS) is 30.0. The number of benzene rings is 1. The molecule has 2 bridgehead atoms. The van der Waals surface area contributed by atoms with Gasteiger partial charge in [-0.05, 0) is 30.7 Å². The topological polar surface area (TPSA) is 66.5 Å². The standard InChI is InChI=1S/C18H16ClFN2O3/c1-8(23)21-16-12(19)6-11(7-13(16)20)22-17(24)14-9-2-3-10(5-4-9)15(14)18(22)25/h2-3,6-7,9-10,14-15H,4-5H2,1H3,(H,21,23)/t9-,10+,14-,15+. The van der Waals surface area contributed by atoms with Crippen molar-refractivity contribution in [3.05, 3.63) is 35.1 Å². The number of imide groups is 1. The Morgan fingerprint density at radius 3 is 2.16 bits per heavy atom. The second kappa shape index (κ2) is 5.66. The first-order chi connectivity index (χ1) is 11.9. The van der Waals surface area contributed by atoms with Crippen molar-refractivity contribution in [2.24, 2.45) is 23.7 Å². The lowest BCUT2D eigenvalue weighted by Crippen LogP contribution is -2.38. The van der Waals surface area contributed by atoms with E-state index in [-0.39, 0.29) is 51.9 Å². The maximum absolute atomic E-state index is 14.4.